The minimum atomic E-state index is 0.304. The Balaban J connectivity index is 1.38. The third-order valence-electron chi connectivity index (χ3n) is 4.17. The molecular weight excluding hydrogens is 420 g/mol. The van der Waals surface area contributed by atoms with Crippen molar-refractivity contribution in [2.75, 3.05) is 37.7 Å². The second-order valence-corrected chi connectivity index (χ2v) is 8.72. The van der Waals surface area contributed by atoms with Gasteiger partial charge in [0.15, 0.2) is 11.9 Å². The van der Waals surface area contributed by atoms with Gasteiger partial charge in [0.05, 0.1) is 24.0 Å². The predicted octanol–water partition coefficient (Wildman–Crippen LogP) is 1.14. The van der Waals surface area contributed by atoms with E-state index in [1.165, 1.54) is 0 Å². The molecule has 0 amide bonds. The molecule has 2 rings (SSSR count). The molecule has 2 aromatic rings. The summed E-state index contributed by atoms with van der Waals surface area (Å²) in [6.45, 7) is 6.63. The molecular formula is C18H32N10S2. The van der Waals surface area contributed by atoms with Crippen molar-refractivity contribution < 1.29 is 0 Å². The lowest BCUT2D eigenvalue weighted by atomic mass is 10.4. The molecule has 8 N–H and O–H groups in total. The SMILES string of the molecule is Cc1[nH]cnc1CSCCNC(=N)NCCNC(=N)NCCSCc1nc[nH]c1C. The maximum absolute atomic E-state index is 7.86. The molecule has 0 aliphatic heterocycles. The summed E-state index contributed by atoms with van der Waals surface area (Å²) in [6.07, 6.45) is 3.43. The summed E-state index contributed by atoms with van der Waals surface area (Å²) < 4.78 is 0. The smallest absolute Gasteiger partial charge is 0.188 e. The minimum Gasteiger partial charge on any atom is -0.356 e. The molecule has 12 heteroatoms. The van der Waals surface area contributed by atoms with Crippen LogP contribution in [0.2, 0.25) is 0 Å². The number of rotatable bonds is 13. The Labute approximate surface area is 186 Å². The molecule has 0 bridgehead atoms. The first-order valence-electron chi connectivity index (χ1n) is 9.82. The first kappa shape index (κ1) is 23.9. The van der Waals surface area contributed by atoms with Crippen LogP contribution in [-0.2, 0) is 11.5 Å². The number of aryl methyl sites for hydroxylation is 2. The van der Waals surface area contributed by atoms with E-state index in [1.807, 2.05) is 13.8 Å². The number of nitrogens with one attached hydrogen (secondary N) is 8. The largest absolute Gasteiger partial charge is 0.356 e. The molecule has 0 aromatic carbocycles. The molecule has 0 spiro atoms. The molecule has 0 aliphatic carbocycles. The Hall–Kier alpha value is -2.34. The first-order valence-corrected chi connectivity index (χ1v) is 12.1. The number of hydrogen-bond acceptors (Lipinski definition) is 6. The zero-order chi connectivity index (χ0) is 21.6. The summed E-state index contributed by atoms with van der Waals surface area (Å²) in [5, 5.41) is 27.8. The topological polar surface area (TPSA) is 153 Å². The highest BCUT2D eigenvalue weighted by molar-refractivity contribution is 7.98. The van der Waals surface area contributed by atoms with Gasteiger partial charge in [-0.05, 0) is 13.8 Å². The van der Waals surface area contributed by atoms with Gasteiger partial charge in [-0.3, -0.25) is 10.8 Å². The molecule has 0 fully saturated rings. The number of guanidine groups is 2. The van der Waals surface area contributed by atoms with Crippen LogP contribution in [0.25, 0.3) is 0 Å². The van der Waals surface area contributed by atoms with Gasteiger partial charge in [-0.1, -0.05) is 0 Å². The Morgan fingerprint density at radius 2 is 1.17 bits per heavy atom. The fourth-order valence-electron chi connectivity index (χ4n) is 2.40. The lowest BCUT2D eigenvalue weighted by Gasteiger charge is -2.12. The minimum absolute atomic E-state index is 0.304. The van der Waals surface area contributed by atoms with Gasteiger partial charge in [-0.25, -0.2) is 9.97 Å². The van der Waals surface area contributed by atoms with E-state index in [2.05, 4.69) is 41.2 Å². The van der Waals surface area contributed by atoms with E-state index >= 15 is 0 Å². The van der Waals surface area contributed by atoms with Gasteiger partial charge >= 0.3 is 0 Å². The number of H-pyrrole nitrogens is 2. The van der Waals surface area contributed by atoms with E-state index < -0.39 is 0 Å². The van der Waals surface area contributed by atoms with Crippen molar-refractivity contribution in [3.05, 3.63) is 35.4 Å². The van der Waals surface area contributed by atoms with Gasteiger partial charge in [0.1, 0.15) is 0 Å². The molecule has 30 heavy (non-hydrogen) atoms. The third-order valence-corrected chi connectivity index (χ3v) is 6.11. The average molecular weight is 453 g/mol. The molecule has 0 atom stereocenters. The normalized spacial score (nSPS) is 10.6. The number of aromatic amines is 2. The highest BCUT2D eigenvalue weighted by Gasteiger charge is 2.02. The summed E-state index contributed by atoms with van der Waals surface area (Å²) in [5.41, 5.74) is 4.39. The third kappa shape index (κ3) is 9.44. The van der Waals surface area contributed by atoms with Crippen molar-refractivity contribution in [3.8, 4) is 0 Å². The summed E-state index contributed by atoms with van der Waals surface area (Å²) in [6, 6.07) is 0. The first-order chi connectivity index (χ1) is 14.6. The van der Waals surface area contributed by atoms with Crippen LogP contribution in [0, 0.1) is 24.7 Å². The summed E-state index contributed by atoms with van der Waals surface area (Å²) in [7, 11) is 0. The maximum Gasteiger partial charge on any atom is 0.188 e. The van der Waals surface area contributed by atoms with Crippen LogP contribution in [-0.4, -0.2) is 69.5 Å². The Kier molecular flexibility index (Phi) is 11.0. The second kappa shape index (κ2) is 13.8. The predicted molar refractivity (Wildman–Crippen MR) is 126 cm³/mol. The van der Waals surface area contributed by atoms with E-state index in [-0.39, 0.29) is 0 Å². The van der Waals surface area contributed by atoms with Gasteiger partial charge in [0.25, 0.3) is 0 Å². The monoisotopic (exact) mass is 452 g/mol. The van der Waals surface area contributed by atoms with Crippen LogP contribution in [0.3, 0.4) is 0 Å². The van der Waals surface area contributed by atoms with E-state index in [0.29, 0.717) is 25.0 Å². The van der Waals surface area contributed by atoms with E-state index in [4.69, 9.17) is 10.8 Å². The Morgan fingerprint density at radius 3 is 1.53 bits per heavy atom. The van der Waals surface area contributed by atoms with Gasteiger partial charge in [-0.2, -0.15) is 23.5 Å². The van der Waals surface area contributed by atoms with E-state index in [1.54, 1.807) is 36.2 Å². The van der Waals surface area contributed by atoms with Crippen molar-refractivity contribution in [2.24, 2.45) is 0 Å². The molecule has 0 saturated heterocycles. The van der Waals surface area contributed by atoms with Crippen LogP contribution in [0.5, 0.6) is 0 Å². The standard InChI is InChI=1S/C18H32N10S2/c1-13-15(27-11-25-13)9-29-7-5-23-17(19)21-3-4-22-18(20)24-6-8-30-10-16-14(2)26-12-28-16/h11-12H,3-10H2,1-2H3,(H,25,27)(H,26,28)(H3,19,21,23)(H3,20,22,24). The van der Waals surface area contributed by atoms with Crippen LogP contribution in [0.15, 0.2) is 12.7 Å². The summed E-state index contributed by atoms with van der Waals surface area (Å²) in [5.74, 6) is 4.16. The fourth-order valence-corrected chi connectivity index (χ4v) is 4.15. The number of imidazole rings is 2. The van der Waals surface area contributed by atoms with Crippen LogP contribution >= 0.6 is 23.5 Å². The highest BCUT2D eigenvalue weighted by atomic mass is 32.2. The molecule has 2 aromatic heterocycles. The van der Waals surface area contributed by atoms with Crippen LogP contribution in [0.4, 0.5) is 0 Å². The maximum atomic E-state index is 7.86. The molecule has 0 saturated carbocycles. The van der Waals surface area contributed by atoms with Crippen molar-refractivity contribution in [1.82, 2.24) is 41.2 Å². The number of nitrogens with zero attached hydrogens (tertiary/aromatic N) is 2. The van der Waals surface area contributed by atoms with Gasteiger partial charge in [0, 0.05) is 60.6 Å². The number of hydrogen-bond donors (Lipinski definition) is 8. The highest BCUT2D eigenvalue weighted by Crippen LogP contribution is 2.12. The molecule has 166 valence electrons. The lowest BCUT2D eigenvalue weighted by Crippen LogP contribution is -2.44. The van der Waals surface area contributed by atoms with E-state index in [9.17, 15) is 0 Å². The van der Waals surface area contributed by atoms with Gasteiger partial charge in [-0.15, -0.1) is 0 Å². The van der Waals surface area contributed by atoms with Crippen molar-refractivity contribution in [3.63, 3.8) is 0 Å². The van der Waals surface area contributed by atoms with Crippen molar-refractivity contribution in [1.29, 1.82) is 10.8 Å². The lowest BCUT2D eigenvalue weighted by molar-refractivity contribution is 0.754. The number of thioether (sulfide) groups is 2. The fraction of sp³-hybridized carbons (Fsp3) is 0.556. The zero-order valence-electron chi connectivity index (χ0n) is 17.5. The van der Waals surface area contributed by atoms with Crippen molar-refractivity contribution in [2.45, 2.75) is 25.4 Å². The molecule has 10 nitrogen and oxygen atoms in total. The summed E-state index contributed by atoms with van der Waals surface area (Å²) in [4.78, 5) is 14.7. The Morgan fingerprint density at radius 1 is 0.767 bits per heavy atom. The molecule has 0 aliphatic rings. The van der Waals surface area contributed by atoms with Crippen LogP contribution < -0.4 is 21.3 Å². The van der Waals surface area contributed by atoms with Gasteiger partial charge < -0.3 is 31.2 Å². The van der Waals surface area contributed by atoms with Crippen molar-refractivity contribution >= 4 is 35.4 Å². The number of aromatic nitrogens is 4. The summed E-state index contributed by atoms with van der Waals surface area (Å²) >= 11 is 3.57. The van der Waals surface area contributed by atoms with Gasteiger partial charge in [0.2, 0.25) is 0 Å². The zero-order valence-corrected chi connectivity index (χ0v) is 19.2. The molecule has 0 radical (unpaired) electrons. The Bertz CT molecular complexity index is 708. The second-order valence-electron chi connectivity index (χ2n) is 6.51. The van der Waals surface area contributed by atoms with E-state index in [0.717, 1.165) is 58.9 Å². The van der Waals surface area contributed by atoms with Crippen LogP contribution in [0.1, 0.15) is 22.8 Å². The quantitative estimate of drug-likeness (QED) is 0.128. The molecule has 2 heterocycles. The molecule has 0 unspecified atom stereocenters. The average Bonchev–Trinajstić information content (AvgIpc) is 3.32.